The van der Waals surface area contributed by atoms with Crippen LogP contribution in [0.3, 0.4) is 0 Å². The van der Waals surface area contributed by atoms with Gasteiger partial charge in [-0.3, -0.25) is 0 Å². The van der Waals surface area contributed by atoms with Crippen molar-refractivity contribution in [3.8, 4) is 5.75 Å². The average Bonchev–Trinajstić information content (AvgIpc) is 3.05. The monoisotopic (exact) mass is 279 g/mol. The molecule has 3 rings (SSSR count). The Labute approximate surface area is 120 Å². The van der Waals surface area contributed by atoms with Gasteiger partial charge in [0.15, 0.2) is 0 Å². The summed E-state index contributed by atoms with van der Waals surface area (Å²) in [7, 11) is 2.08. The van der Waals surface area contributed by atoms with Crippen LogP contribution in [0.15, 0.2) is 12.1 Å². The Bertz CT molecular complexity index is 454. The van der Waals surface area contributed by atoms with Crippen LogP contribution in [0.2, 0.25) is 5.02 Å². The molecule has 1 aromatic carbocycles. The van der Waals surface area contributed by atoms with Gasteiger partial charge >= 0.3 is 0 Å². The van der Waals surface area contributed by atoms with Crippen molar-refractivity contribution in [2.45, 2.75) is 44.6 Å². The minimum absolute atomic E-state index is 0.550. The maximum atomic E-state index is 6.24. The van der Waals surface area contributed by atoms with Crippen molar-refractivity contribution in [1.82, 2.24) is 5.32 Å². The van der Waals surface area contributed by atoms with Gasteiger partial charge in [0.2, 0.25) is 0 Å². The number of likely N-dealkylation sites (N-methyl/N-ethyl adjacent to an activating group) is 1. The van der Waals surface area contributed by atoms with Crippen molar-refractivity contribution in [2.75, 3.05) is 13.7 Å². The lowest BCUT2D eigenvalue weighted by Gasteiger charge is -2.24. The number of hydrogen-bond donors (Lipinski definition) is 1. The first-order valence-corrected chi connectivity index (χ1v) is 7.77. The summed E-state index contributed by atoms with van der Waals surface area (Å²) in [6, 6.07) is 4.69. The maximum Gasteiger partial charge on any atom is 0.125 e. The standard InChI is InChI=1S/C16H22ClNO/c1-18-15(11-4-2-3-5-11)10-13-9-14(17)8-12-6-7-19-16(12)13/h8-9,11,15,18H,2-7,10H2,1H3. The molecule has 0 aromatic heterocycles. The molecule has 0 radical (unpaired) electrons. The van der Waals surface area contributed by atoms with Crippen molar-refractivity contribution >= 4 is 11.6 Å². The van der Waals surface area contributed by atoms with E-state index in [2.05, 4.69) is 24.5 Å². The smallest absolute Gasteiger partial charge is 0.125 e. The first kappa shape index (κ1) is 13.3. The highest BCUT2D eigenvalue weighted by atomic mass is 35.5. The fourth-order valence-corrected chi connectivity index (χ4v) is 3.86. The van der Waals surface area contributed by atoms with Crippen molar-refractivity contribution in [2.24, 2.45) is 5.92 Å². The van der Waals surface area contributed by atoms with Crippen molar-refractivity contribution in [3.05, 3.63) is 28.3 Å². The number of nitrogens with one attached hydrogen (secondary N) is 1. The fraction of sp³-hybridized carbons (Fsp3) is 0.625. The summed E-state index contributed by atoms with van der Waals surface area (Å²) in [6.07, 6.45) is 7.50. The van der Waals surface area contributed by atoms with E-state index < -0.39 is 0 Å². The van der Waals surface area contributed by atoms with E-state index in [1.165, 1.54) is 36.8 Å². The highest BCUT2D eigenvalue weighted by molar-refractivity contribution is 6.30. The Morgan fingerprint density at radius 2 is 2.16 bits per heavy atom. The van der Waals surface area contributed by atoms with E-state index >= 15 is 0 Å². The lowest BCUT2D eigenvalue weighted by molar-refractivity contribution is 0.342. The van der Waals surface area contributed by atoms with Crippen LogP contribution in [0.1, 0.15) is 36.8 Å². The summed E-state index contributed by atoms with van der Waals surface area (Å²) in [5.74, 6) is 1.91. The third kappa shape index (κ3) is 2.75. The SMILES string of the molecule is CNC(Cc1cc(Cl)cc2c1OCC2)C1CCCC1. The van der Waals surface area contributed by atoms with E-state index in [4.69, 9.17) is 16.3 Å². The van der Waals surface area contributed by atoms with Crippen molar-refractivity contribution in [1.29, 1.82) is 0 Å². The number of benzene rings is 1. The van der Waals surface area contributed by atoms with Gasteiger partial charge in [-0.1, -0.05) is 24.4 Å². The van der Waals surface area contributed by atoms with Crippen molar-refractivity contribution < 1.29 is 4.74 Å². The maximum absolute atomic E-state index is 6.24. The van der Waals surface area contributed by atoms with Crippen LogP contribution in [-0.4, -0.2) is 19.7 Å². The molecular formula is C16H22ClNO. The van der Waals surface area contributed by atoms with Gasteiger partial charge < -0.3 is 10.1 Å². The zero-order chi connectivity index (χ0) is 13.2. The van der Waals surface area contributed by atoms with E-state index in [1.807, 2.05) is 0 Å². The largest absolute Gasteiger partial charge is 0.493 e. The Morgan fingerprint density at radius 3 is 2.89 bits per heavy atom. The summed E-state index contributed by atoms with van der Waals surface area (Å²) < 4.78 is 5.81. The first-order valence-electron chi connectivity index (χ1n) is 7.39. The molecule has 1 aliphatic heterocycles. The third-order valence-corrected chi connectivity index (χ3v) is 4.82. The van der Waals surface area contributed by atoms with Crippen LogP contribution in [0.5, 0.6) is 5.75 Å². The molecular weight excluding hydrogens is 258 g/mol. The van der Waals surface area contributed by atoms with Gasteiger partial charge in [0.05, 0.1) is 6.61 Å². The second-order valence-corrected chi connectivity index (χ2v) is 6.23. The molecule has 0 bridgehead atoms. The number of ether oxygens (including phenoxy) is 1. The van der Waals surface area contributed by atoms with Gasteiger partial charge in [0.25, 0.3) is 0 Å². The van der Waals surface area contributed by atoms with E-state index in [0.717, 1.165) is 36.1 Å². The topological polar surface area (TPSA) is 21.3 Å². The highest BCUT2D eigenvalue weighted by Gasteiger charge is 2.26. The Hall–Kier alpha value is -0.730. The van der Waals surface area contributed by atoms with Crippen LogP contribution in [-0.2, 0) is 12.8 Å². The minimum Gasteiger partial charge on any atom is -0.493 e. The summed E-state index contributed by atoms with van der Waals surface area (Å²) in [4.78, 5) is 0. The molecule has 1 saturated carbocycles. The summed E-state index contributed by atoms with van der Waals surface area (Å²) in [6.45, 7) is 0.802. The quantitative estimate of drug-likeness (QED) is 0.909. The third-order valence-electron chi connectivity index (χ3n) is 4.60. The van der Waals surface area contributed by atoms with Crippen LogP contribution >= 0.6 is 11.6 Å². The molecule has 1 heterocycles. The molecule has 1 aromatic rings. The molecule has 1 atom stereocenters. The van der Waals surface area contributed by atoms with Gasteiger partial charge in [-0.15, -0.1) is 0 Å². The average molecular weight is 280 g/mol. The second-order valence-electron chi connectivity index (χ2n) is 5.80. The molecule has 1 unspecified atom stereocenters. The lowest BCUT2D eigenvalue weighted by Crippen LogP contribution is -2.34. The molecule has 2 nitrogen and oxygen atoms in total. The van der Waals surface area contributed by atoms with Gasteiger partial charge in [0, 0.05) is 17.5 Å². The molecule has 0 amide bonds. The molecule has 0 saturated heterocycles. The van der Waals surface area contributed by atoms with Gasteiger partial charge in [-0.2, -0.15) is 0 Å². The first-order chi connectivity index (χ1) is 9.28. The predicted molar refractivity (Wildman–Crippen MR) is 79.2 cm³/mol. The van der Waals surface area contributed by atoms with Crippen molar-refractivity contribution in [3.63, 3.8) is 0 Å². The zero-order valence-corrected chi connectivity index (χ0v) is 12.3. The van der Waals surface area contributed by atoms with Crippen LogP contribution < -0.4 is 10.1 Å². The number of hydrogen-bond acceptors (Lipinski definition) is 2. The molecule has 2 aliphatic rings. The molecule has 1 N–H and O–H groups in total. The van der Waals surface area contributed by atoms with Gasteiger partial charge in [-0.05, 0) is 55.5 Å². The minimum atomic E-state index is 0.550. The molecule has 3 heteroatoms. The molecule has 1 fully saturated rings. The van der Waals surface area contributed by atoms with Crippen LogP contribution in [0.25, 0.3) is 0 Å². The zero-order valence-electron chi connectivity index (χ0n) is 11.5. The molecule has 1 aliphatic carbocycles. The molecule has 19 heavy (non-hydrogen) atoms. The normalized spacial score (nSPS) is 20.3. The van der Waals surface area contributed by atoms with E-state index in [-0.39, 0.29) is 0 Å². The summed E-state index contributed by atoms with van der Waals surface area (Å²) in [5.41, 5.74) is 2.56. The summed E-state index contributed by atoms with van der Waals surface area (Å²) in [5, 5.41) is 4.35. The molecule has 104 valence electrons. The van der Waals surface area contributed by atoms with E-state index in [9.17, 15) is 0 Å². The highest BCUT2D eigenvalue weighted by Crippen LogP contribution is 2.36. The van der Waals surface area contributed by atoms with Crippen LogP contribution in [0.4, 0.5) is 0 Å². The lowest BCUT2D eigenvalue weighted by atomic mass is 9.91. The Morgan fingerprint density at radius 1 is 1.37 bits per heavy atom. The Balaban J connectivity index is 1.81. The van der Waals surface area contributed by atoms with Gasteiger partial charge in [-0.25, -0.2) is 0 Å². The molecule has 0 spiro atoms. The number of fused-ring (bicyclic) bond motifs is 1. The second kappa shape index (κ2) is 5.72. The predicted octanol–water partition coefficient (Wildman–Crippen LogP) is 3.60. The summed E-state index contributed by atoms with van der Waals surface area (Å²) >= 11 is 6.24. The number of halogens is 1. The fourth-order valence-electron chi connectivity index (χ4n) is 3.60. The van der Waals surface area contributed by atoms with E-state index in [1.54, 1.807) is 0 Å². The van der Waals surface area contributed by atoms with Crippen LogP contribution in [0, 0.1) is 5.92 Å². The number of rotatable bonds is 4. The van der Waals surface area contributed by atoms with Gasteiger partial charge in [0.1, 0.15) is 5.75 Å². The Kier molecular flexibility index (Phi) is 3.99. The van der Waals surface area contributed by atoms with E-state index in [0.29, 0.717) is 6.04 Å².